The van der Waals surface area contributed by atoms with Gasteiger partial charge in [-0.1, -0.05) is 34.1 Å². The summed E-state index contributed by atoms with van der Waals surface area (Å²) >= 11 is 8.50. The molecule has 8 nitrogen and oxygen atoms in total. The Morgan fingerprint density at radius 2 is 1.94 bits per heavy atom. The number of carboxylic acid groups (broad SMARTS) is 1. The summed E-state index contributed by atoms with van der Waals surface area (Å²) in [4.78, 5) is 37.4. The highest BCUT2D eigenvalue weighted by molar-refractivity contribution is 9.10. The van der Waals surface area contributed by atoms with E-state index in [1.807, 2.05) is 0 Å². The molecule has 1 fully saturated rings. The molecule has 0 atom stereocenters. The summed E-state index contributed by atoms with van der Waals surface area (Å²) in [5.41, 5.74) is 1.40. The van der Waals surface area contributed by atoms with Gasteiger partial charge >= 0.3 is 5.97 Å². The number of thiocarbonyl (C=S) groups is 1. The van der Waals surface area contributed by atoms with Crippen LogP contribution in [-0.2, 0) is 16.2 Å². The summed E-state index contributed by atoms with van der Waals surface area (Å²) in [7, 11) is 1.47. The van der Waals surface area contributed by atoms with Gasteiger partial charge in [0.05, 0.1) is 12.7 Å². The van der Waals surface area contributed by atoms with Crippen LogP contribution in [0.1, 0.15) is 21.5 Å². The zero-order chi connectivity index (χ0) is 24.1. The van der Waals surface area contributed by atoms with E-state index < -0.39 is 17.8 Å². The van der Waals surface area contributed by atoms with E-state index in [9.17, 15) is 14.4 Å². The standard InChI is InChI=1S/C23H19BrN2O6S/c1-3-8-26-21(28)16(20(27)25-23(26)33)9-15-10-18(31-2)19(11-17(15)24)32-12-13-4-6-14(7-5-13)22(29)30/h3-7,9-11H,1,8,12H2,2H3,(H,29,30)(H,25,27,33)/b16-9+. The van der Waals surface area contributed by atoms with Gasteiger partial charge in [-0.15, -0.1) is 6.58 Å². The minimum Gasteiger partial charge on any atom is -0.493 e. The molecule has 3 rings (SSSR count). The van der Waals surface area contributed by atoms with Crippen LogP contribution in [0.2, 0.25) is 0 Å². The van der Waals surface area contributed by atoms with Gasteiger partial charge in [-0.3, -0.25) is 19.8 Å². The number of halogens is 1. The molecule has 0 aliphatic carbocycles. The summed E-state index contributed by atoms with van der Waals surface area (Å²) in [6, 6.07) is 9.61. The first-order valence-corrected chi connectivity index (χ1v) is 10.8. The van der Waals surface area contributed by atoms with Crippen molar-refractivity contribution in [2.75, 3.05) is 13.7 Å². The first kappa shape index (κ1) is 24.1. The van der Waals surface area contributed by atoms with E-state index in [4.69, 9.17) is 26.8 Å². The molecular weight excluding hydrogens is 512 g/mol. The first-order chi connectivity index (χ1) is 15.7. The normalized spacial score (nSPS) is 14.8. The third-order valence-corrected chi connectivity index (χ3v) is 5.68. The number of nitrogens with one attached hydrogen (secondary N) is 1. The van der Waals surface area contributed by atoms with Crippen molar-refractivity contribution < 1.29 is 29.0 Å². The number of benzene rings is 2. The fourth-order valence-corrected chi connectivity index (χ4v) is 3.67. The Labute approximate surface area is 203 Å². The van der Waals surface area contributed by atoms with E-state index in [1.165, 1.54) is 36.3 Å². The molecule has 0 radical (unpaired) electrons. The second kappa shape index (κ2) is 10.4. The molecule has 0 aromatic heterocycles. The van der Waals surface area contributed by atoms with Crippen LogP contribution in [0.5, 0.6) is 11.5 Å². The molecule has 2 amide bonds. The highest BCUT2D eigenvalue weighted by atomic mass is 79.9. The largest absolute Gasteiger partial charge is 0.493 e. The number of methoxy groups -OCH3 is 1. The van der Waals surface area contributed by atoms with Crippen LogP contribution in [0, 0.1) is 0 Å². The Morgan fingerprint density at radius 3 is 2.55 bits per heavy atom. The zero-order valence-corrected chi connectivity index (χ0v) is 19.9. The molecule has 2 aromatic carbocycles. The van der Waals surface area contributed by atoms with Crippen LogP contribution >= 0.6 is 28.1 Å². The van der Waals surface area contributed by atoms with E-state index in [2.05, 4.69) is 27.8 Å². The molecule has 10 heteroatoms. The number of rotatable bonds is 8. The van der Waals surface area contributed by atoms with Gasteiger partial charge in [0.15, 0.2) is 16.6 Å². The lowest BCUT2D eigenvalue weighted by molar-refractivity contribution is -0.128. The van der Waals surface area contributed by atoms with Gasteiger partial charge < -0.3 is 14.6 Å². The molecule has 33 heavy (non-hydrogen) atoms. The molecule has 0 unspecified atom stereocenters. The number of amides is 2. The van der Waals surface area contributed by atoms with Crippen molar-refractivity contribution in [3.8, 4) is 11.5 Å². The number of nitrogens with zero attached hydrogens (tertiary/aromatic N) is 1. The Balaban J connectivity index is 1.85. The van der Waals surface area contributed by atoms with E-state index >= 15 is 0 Å². The van der Waals surface area contributed by atoms with Crippen molar-refractivity contribution in [1.82, 2.24) is 10.2 Å². The quantitative estimate of drug-likeness (QED) is 0.232. The van der Waals surface area contributed by atoms with Gasteiger partial charge in [-0.2, -0.15) is 0 Å². The number of carboxylic acids is 1. The van der Waals surface area contributed by atoms with Crippen LogP contribution in [0.4, 0.5) is 0 Å². The number of carbonyl (C=O) groups is 3. The van der Waals surface area contributed by atoms with Crippen LogP contribution in [-0.4, -0.2) is 46.6 Å². The minimum absolute atomic E-state index is 0.0267. The second-order valence-electron chi connectivity index (χ2n) is 6.84. The maximum Gasteiger partial charge on any atom is 0.335 e. The zero-order valence-electron chi connectivity index (χ0n) is 17.5. The van der Waals surface area contributed by atoms with Crippen molar-refractivity contribution in [1.29, 1.82) is 0 Å². The fourth-order valence-electron chi connectivity index (χ4n) is 2.98. The maximum atomic E-state index is 12.8. The molecule has 1 aliphatic heterocycles. The van der Waals surface area contributed by atoms with E-state index in [1.54, 1.807) is 24.3 Å². The highest BCUT2D eigenvalue weighted by Gasteiger charge is 2.32. The summed E-state index contributed by atoms with van der Waals surface area (Å²) in [5.74, 6) is -1.32. The number of ether oxygens (including phenoxy) is 2. The number of hydrogen-bond acceptors (Lipinski definition) is 6. The van der Waals surface area contributed by atoms with Crippen molar-refractivity contribution in [3.63, 3.8) is 0 Å². The first-order valence-electron chi connectivity index (χ1n) is 9.57. The van der Waals surface area contributed by atoms with Gasteiger partial charge in [0, 0.05) is 11.0 Å². The molecule has 1 saturated heterocycles. The lowest BCUT2D eigenvalue weighted by Gasteiger charge is -2.27. The fraction of sp³-hybridized carbons (Fsp3) is 0.130. The number of aromatic carboxylic acids is 1. The molecule has 2 aromatic rings. The number of hydrogen-bond donors (Lipinski definition) is 2. The van der Waals surface area contributed by atoms with Gasteiger partial charge in [0.2, 0.25) is 0 Å². The minimum atomic E-state index is -1.00. The third kappa shape index (κ3) is 5.47. The van der Waals surface area contributed by atoms with Crippen molar-refractivity contribution in [2.45, 2.75) is 6.61 Å². The average molecular weight is 531 g/mol. The molecule has 0 saturated carbocycles. The lowest BCUT2D eigenvalue weighted by atomic mass is 10.1. The molecular formula is C23H19BrN2O6S. The SMILES string of the molecule is C=CCN1C(=O)/C(=C/c2cc(OC)c(OCc3ccc(C(=O)O)cc3)cc2Br)C(=O)NC1=S. The van der Waals surface area contributed by atoms with Crippen molar-refractivity contribution >= 4 is 57.1 Å². The lowest BCUT2D eigenvalue weighted by Crippen LogP contribution is -2.53. The number of carbonyl (C=O) groups excluding carboxylic acids is 2. The van der Waals surface area contributed by atoms with E-state index in [0.29, 0.717) is 21.5 Å². The summed E-state index contributed by atoms with van der Waals surface area (Å²) in [6.07, 6.45) is 2.95. The molecule has 0 bridgehead atoms. The monoisotopic (exact) mass is 530 g/mol. The van der Waals surface area contributed by atoms with E-state index in [0.717, 1.165) is 5.56 Å². The highest BCUT2D eigenvalue weighted by Crippen LogP contribution is 2.35. The van der Waals surface area contributed by atoms with E-state index in [-0.39, 0.29) is 29.4 Å². The summed E-state index contributed by atoms with van der Waals surface area (Å²) in [6.45, 7) is 3.95. The topological polar surface area (TPSA) is 105 Å². The second-order valence-corrected chi connectivity index (χ2v) is 8.08. The Bertz CT molecular complexity index is 1180. The van der Waals surface area contributed by atoms with Crippen molar-refractivity contribution in [3.05, 3.63) is 75.8 Å². The predicted molar refractivity (Wildman–Crippen MR) is 129 cm³/mol. The summed E-state index contributed by atoms with van der Waals surface area (Å²) in [5, 5.41) is 11.5. The Kier molecular flexibility index (Phi) is 7.62. The smallest absolute Gasteiger partial charge is 0.335 e. The molecule has 1 heterocycles. The molecule has 0 spiro atoms. The molecule has 2 N–H and O–H groups in total. The molecule has 170 valence electrons. The third-order valence-electron chi connectivity index (χ3n) is 4.68. The predicted octanol–water partition coefficient (Wildman–Crippen LogP) is 3.55. The van der Waals surface area contributed by atoms with Crippen LogP contribution in [0.25, 0.3) is 6.08 Å². The van der Waals surface area contributed by atoms with Gasteiger partial charge in [-0.05, 0) is 53.7 Å². The van der Waals surface area contributed by atoms with Crippen molar-refractivity contribution in [2.24, 2.45) is 0 Å². The van der Waals surface area contributed by atoms with Crippen LogP contribution < -0.4 is 14.8 Å². The molecule has 1 aliphatic rings. The van der Waals surface area contributed by atoms with Crippen LogP contribution in [0.15, 0.2) is 59.1 Å². The maximum absolute atomic E-state index is 12.8. The summed E-state index contributed by atoms with van der Waals surface area (Å²) < 4.78 is 11.8. The Hall–Kier alpha value is -3.50. The van der Waals surface area contributed by atoms with Gasteiger partial charge in [0.1, 0.15) is 12.2 Å². The van der Waals surface area contributed by atoms with Crippen LogP contribution in [0.3, 0.4) is 0 Å². The Morgan fingerprint density at radius 1 is 1.24 bits per heavy atom. The van der Waals surface area contributed by atoms with Gasteiger partial charge in [0.25, 0.3) is 11.8 Å². The average Bonchev–Trinajstić information content (AvgIpc) is 2.79. The van der Waals surface area contributed by atoms with Gasteiger partial charge in [-0.25, -0.2) is 4.79 Å².